The summed E-state index contributed by atoms with van der Waals surface area (Å²) in [5, 5.41) is 4.46. The average Bonchev–Trinajstić information content (AvgIpc) is 2.68. The number of nitrogens with zero attached hydrogens (tertiary/aromatic N) is 2. The van der Waals surface area contributed by atoms with Crippen molar-refractivity contribution in [3.8, 4) is 11.6 Å². The fourth-order valence-corrected chi connectivity index (χ4v) is 2.23. The normalized spacial score (nSPS) is 12.4. The van der Waals surface area contributed by atoms with Crippen LogP contribution in [0.25, 0.3) is 0 Å². The lowest BCUT2D eigenvalue weighted by Gasteiger charge is -2.13. The van der Waals surface area contributed by atoms with E-state index in [1.54, 1.807) is 4.68 Å². The number of hydrogen-bond acceptors (Lipinski definition) is 3. The molecule has 0 aliphatic heterocycles. The lowest BCUT2D eigenvalue weighted by Crippen LogP contribution is -2.21. The first-order valence-corrected chi connectivity index (χ1v) is 7.04. The van der Waals surface area contributed by atoms with Gasteiger partial charge in [0, 0.05) is 18.7 Å². The molecular formula is C16H23N3O. The van der Waals surface area contributed by atoms with Crippen molar-refractivity contribution < 1.29 is 4.74 Å². The Kier molecular flexibility index (Phi) is 4.45. The largest absolute Gasteiger partial charge is 0.439 e. The number of para-hydroxylation sites is 1. The molecule has 108 valence electrons. The Labute approximate surface area is 120 Å². The predicted octanol–water partition coefficient (Wildman–Crippen LogP) is 3.11. The van der Waals surface area contributed by atoms with Crippen LogP contribution in [0.4, 0.5) is 0 Å². The molecule has 20 heavy (non-hydrogen) atoms. The standard InChI is InChI=1S/C16H23N3O/c1-5-13(17)10-14-12(3)18-19(4)16(14)20-15-9-7-6-8-11(15)2/h6-9,13H,5,10,17H2,1-4H3. The Morgan fingerprint density at radius 1 is 1.30 bits per heavy atom. The zero-order valence-corrected chi connectivity index (χ0v) is 12.7. The van der Waals surface area contributed by atoms with Gasteiger partial charge >= 0.3 is 0 Å². The van der Waals surface area contributed by atoms with E-state index in [1.807, 2.05) is 45.2 Å². The van der Waals surface area contributed by atoms with Crippen molar-refractivity contribution in [3.63, 3.8) is 0 Å². The summed E-state index contributed by atoms with van der Waals surface area (Å²) in [6, 6.07) is 8.13. The zero-order valence-electron chi connectivity index (χ0n) is 12.7. The van der Waals surface area contributed by atoms with Gasteiger partial charge < -0.3 is 10.5 Å². The maximum absolute atomic E-state index is 6.08. The number of aromatic nitrogens is 2. The van der Waals surface area contributed by atoms with Crippen LogP contribution in [0.5, 0.6) is 11.6 Å². The molecule has 2 aromatic rings. The van der Waals surface area contributed by atoms with E-state index in [0.29, 0.717) is 0 Å². The molecule has 0 saturated carbocycles. The minimum absolute atomic E-state index is 0.136. The molecule has 0 aliphatic carbocycles. The Morgan fingerprint density at radius 3 is 2.65 bits per heavy atom. The highest BCUT2D eigenvalue weighted by atomic mass is 16.5. The smallest absolute Gasteiger partial charge is 0.221 e. The maximum atomic E-state index is 6.08. The maximum Gasteiger partial charge on any atom is 0.221 e. The van der Waals surface area contributed by atoms with E-state index in [1.165, 1.54) is 0 Å². The molecule has 0 bridgehead atoms. The van der Waals surface area contributed by atoms with Crippen molar-refractivity contribution in [2.45, 2.75) is 39.7 Å². The summed E-state index contributed by atoms with van der Waals surface area (Å²) in [5.74, 6) is 1.66. The lowest BCUT2D eigenvalue weighted by molar-refractivity contribution is 0.421. The molecule has 1 aromatic carbocycles. The summed E-state index contributed by atoms with van der Waals surface area (Å²) in [6.45, 7) is 6.14. The van der Waals surface area contributed by atoms with E-state index >= 15 is 0 Å². The predicted molar refractivity (Wildman–Crippen MR) is 81.2 cm³/mol. The van der Waals surface area contributed by atoms with Gasteiger partial charge in [-0.3, -0.25) is 0 Å². The van der Waals surface area contributed by atoms with Crippen LogP contribution in [-0.4, -0.2) is 15.8 Å². The van der Waals surface area contributed by atoms with Crippen molar-refractivity contribution >= 4 is 0 Å². The molecule has 0 spiro atoms. The van der Waals surface area contributed by atoms with E-state index in [0.717, 1.165) is 41.3 Å². The molecule has 2 rings (SSSR count). The first-order valence-electron chi connectivity index (χ1n) is 7.04. The summed E-state index contributed by atoms with van der Waals surface area (Å²) in [4.78, 5) is 0. The van der Waals surface area contributed by atoms with Gasteiger partial charge in [-0.15, -0.1) is 0 Å². The number of ether oxygens (including phenoxy) is 1. The van der Waals surface area contributed by atoms with Crippen molar-refractivity contribution in [1.29, 1.82) is 0 Å². The molecule has 4 heteroatoms. The molecule has 0 radical (unpaired) electrons. The summed E-state index contributed by atoms with van der Waals surface area (Å²) in [5.41, 5.74) is 9.28. The van der Waals surface area contributed by atoms with Gasteiger partial charge in [0.15, 0.2) is 0 Å². The number of rotatable bonds is 5. The third-order valence-electron chi connectivity index (χ3n) is 3.58. The van der Waals surface area contributed by atoms with E-state index in [4.69, 9.17) is 10.5 Å². The molecule has 1 atom stereocenters. The van der Waals surface area contributed by atoms with Crippen LogP contribution in [-0.2, 0) is 13.5 Å². The third kappa shape index (κ3) is 3.02. The van der Waals surface area contributed by atoms with Crippen molar-refractivity contribution in [2.75, 3.05) is 0 Å². The molecule has 4 nitrogen and oxygen atoms in total. The van der Waals surface area contributed by atoms with Gasteiger partial charge in [0.2, 0.25) is 5.88 Å². The average molecular weight is 273 g/mol. The minimum Gasteiger partial charge on any atom is -0.439 e. The molecule has 1 heterocycles. The second-order valence-electron chi connectivity index (χ2n) is 5.23. The second kappa shape index (κ2) is 6.09. The van der Waals surface area contributed by atoms with E-state index in [9.17, 15) is 0 Å². The summed E-state index contributed by atoms with van der Waals surface area (Å²) in [6.07, 6.45) is 1.73. The van der Waals surface area contributed by atoms with Crippen molar-refractivity contribution in [3.05, 3.63) is 41.1 Å². The van der Waals surface area contributed by atoms with Crippen LogP contribution >= 0.6 is 0 Å². The quantitative estimate of drug-likeness (QED) is 0.910. The highest BCUT2D eigenvalue weighted by molar-refractivity contribution is 5.39. The topological polar surface area (TPSA) is 53.1 Å². The molecular weight excluding hydrogens is 250 g/mol. The van der Waals surface area contributed by atoms with Gasteiger partial charge in [-0.2, -0.15) is 5.10 Å². The van der Waals surface area contributed by atoms with Gasteiger partial charge in [0.1, 0.15) is 5.75 Å². The highest BCUT2D eigenvalue weighted by Gasteiger charge is 2.18. The van der Waals surface area contributed by atoms with Crippen LogP contribution < -0.4 is 10.5 Å². The number of benzene rings is 1. The number of hydrogen-bond donors (Lipinski definition) is 1. The Morgan fingerprint density at radius 2 is 2.00 bits per heavy atom. The monoisotopic (exact) mass is 273 g/mol. The molecule has 2 N–H and O–H groups in total. The van der Waals surface area contributed by atoms with Gasteiger partial charge in [-0.1, -0.05) is 25.1 Å². The van der Waals surface area contributed by atoms with Gasteiger partial charge in [-0.05, 0) is 38.3 Å². The molecule has 1 unspecified atom stereocenters. The summed E-state index contributed by atoms with van der Waals surface area (Å²) < 4.78 is 7.87. The fourth-order valence-electron chi connectivity index (χ4n) is 2.23. The van der Waals surface area contributed by atoms with Gasteiger partial charge in [-0.25, -0.2) is 4.68 Å². The van der Waals surface area contributed by atoms with Crippen LogP contribution in [0.15, 0.2) is 24.3 Å². The third-order valence-corrected chi connectivity index (χ3v) is 3.58. The Bertz CT molecular complexity index is 589. The Hall–Kier alpha value is -1.81. The fraction of sp³-hybridized carbons (Fsp3) is 0.438. The van der Waals surface area contributed by atoms with Crippen LogP contribution in [0.1, 0.15) is 30.2 Å². The SMILES string of the molecule is CCC(N)Cc1c(C)nn(C)c1Oc1ccccc1C. The van der Waals surface area contributed by atoms with E-state index in [-0.39, 0.29) is 6.04 Å². The highest BCUT2D eigenvalue weighted by Crippen LogP contribution is 2.30. The van der Waals surface area contributed by atoms with E-state index in [2.05, 4.69) is 12.0 Å². The molecule has 1 aromatic heterocycles. The number of nitrogens with two attached hydrogens (primary N) is 1. The second-order valence-corrected chi connectivity index (χ2v) is 5.23. The summed E-state index contributed by atoms with van der Waals surface area (Å²) >= 11 is 0. The van der Waals surface area contributed by atoms with Gasteiger partial charge in [0.25, 0.3) is 0 Å². The van der Waals surface area contributed by atoms with Gasteiger partial charge in [0.05, 0.1) is 5.69 Å². The molecule has 0 amide bonds. The first-order chi connectivity index (χ1) is 9.52. The Balaban J connectivity index is 2.34. The molecule has 0 aliphatic rings. The summed E-state index contributed by atoms with van der Waals surface area (Å²) in [7, 11) is 1.90. The van der Waals surface area contributed by atoms with Crippen molar-refractivity contribution in [1.82, 2.24) is 9.78 Å². The van der Waals surface area contributed by atoms with Crippen LogP contribution in [0, 0.1) is 13.8 Å². The van der Waals surface area contributed by atoms with Crippen molar-refractivity contribution in [2.24, 2.45) is 12.8 Å². The van der Waals surface area contributed by atoms with Crippen LogP contribution in [0.3, 0.4) is 0 Å². The number of aryl methyl sites for hydroxylation is 3. The van der Waals surface area contributed by atoms with E-state index < -0.39 is 0 Å². The van der Waals surface area contributed by atoms with Crippen LogP contribution in [0.2, 0.25) is 0 Å². The molecule has 0 saturated heterocycles. The minimum atomic E-state index is 0.136. The molecule has 0 fully saturated rings. The lowest BCUT2D eigenvalue weighted by atomic mass is 10.1. The zero-order chi connectivity index (χ0) is 14.7. The first kappa shape index (κ1) is 14.6.